The van der Waals surface area contributed by atoms with Crippen molar-refractivity contribution in [1.29, 1.82) is 0 Å². The third kappa shape index (κ3) is 6.67. The number of aliphatic imine (C=N–C) groups is 1. The van der Waals surface area contributed by atoms with Crippen molar-refractivity contribution in [2.45, 2.75) is 20.0 Å². The molecule has 0 bridgehead atoms. The van der Waals surface area contributed by atoms with Gasteiger partial charge in [0.2, 0.25) is 0 Å². The number of nitrogens with zero attached hydrogens (tertiary/aromatic N) is 3. The lowest BCUT2D eigenvalue weighted by molar-refractivity contribution is 0.122. The number of hydrogen-bond acceptors (Lipinski definition) is 3. The first-order chi connectivity index (χ1) is 13.3. The first-order valence-corrected chi connectivity index (χ1v) is 9.71. The predicted molar refractivity (Wildman–Crippen MR) is 128 cm³/mol. The summed E-state index contributed by atoms with van der Waals surface area (Å²) in [5.74, 6) is 0.929. The van der Waals surface area contributed by atoms with Crippen LogP contribution in [0.15, 0.2) is 59.6 Å². The molecule has 0 aromatic heterocycles. The van der Waals surface area contributed by atoms with Crippen LogP contribution in [0.5, 0.6) is 0 Å². The Morgan fingerprint density at radius 1 is 1.04 bits per heavy atom. The van der Waals surface area contributed by atoms with Gasteiger partial charge in [-0.05, 0) is 30.2 Å². The third-order valence-corrected chi connectivity index (χ3v) is 4.68. The van der Waals surface area contributed by atoms with Crippen LogP contribution in [-0.2, 0) is 17.8 Å². The number of hydrogen-bond donors (Lipinski definition) is 1. The monoisotopic (exact) mass is 494 g/mol. The van der Waals surface area contributed by atoms with Crippen LogP contribution in [0.3, 0.4) is 0 Å². The Hall–Kier alpha value is -1.80. The fourth-order valence-corrected chi connectivity index (χ4v) is 3.20. The Morgan fingerprint density at radius 2 is 1.71 bits per heavy atom. The lowest BCUT2D eigenvalue weighted by Gasteiger charge is -2.28. The molecular formula is C22H31IN4O. The third-order valence-electron chi connectivity index (χ3n) is 4.68. The summed E-state index contributed by atoms with van der Waals surface area (Å²) in [5.41, 5.74) is 3.76. The van der Waals surface area contributed by atoms with Crippen LogP contribution in [0, 0.1) is 0 Å². The molecule has 0 atom stereocenters. The molecule has 2 aromatic carbocycles. The van der Waals surface area contributed by atoms with Gasteiger partial charge in [-0.15, -0.1) is 24.0 Å². The highest BCUT2D eigenvalue weighted by molar-refractivity contribution is 14.0. The highest BCUT2D eigenvalue weighted by Gasteiger charge is 2.11. The molecule has 28 heavy (non-hydrogen) atoms. The summed E-state index contributed by atoms with van der Waals surface area (Å²) in [6, 6.07) is 19.2. The van der Waals surface area contributed by atoms with E-state index in [1.54, 1.807) is 0 Å². The summed E-state index contributed by atoms with van der Waals surface area (Å²) in [6.45, 7) is 8.01. The van der Waals surface area contributed by atoms with Crippen LogP contribution in [0.1, 0.15) is 18.1 Å². The Kier molecular flexibility index (Phi) is 9.57. The Bertz CT molecular complexity index is 715. The van der Waals surface area contributed by atoms with Crippen LogP contribution in [-0.4, -0.2) is 50.8 Å². The lowest BCUT2D eigenvalue weighted by Crippen LogP contribution is -2.38. The summed E-state index contributed by atoms with van der Waals surface area (Å²) < 4.78 is 5.43. The van der Waals surface area contributed by atoms with Crippen LogP contribution in [0.25, 0.3) is 0 Å². The van der Waals surface area contributed by atoms with Gasteiger partial charge in [-0.1, -0.05) is 42.5 Å². The molecule has 0 spiro atoms. The molecule has 0 radical (unpaired) electrons. The van der Waals surface area contributed by atoms with Gasteiger partial charge in [0.25, 0.3) is 0 Å². The molecule has 1 fully saturated rings. The average molecular weight is 494 g/mol. The van der Waals surface area contributed by atoms with E-state index in [1.165, 1.54) is 16.8 Å². The van der Waals surface area contributed by atoms with Gasteiger partial charge < -0.3 is 19.9 Å². The lowest BCUT2D eigenvalue weighted by atomic mass is 10.2. The standard InChI is InChI=1S/C22H30N4O.HI/c1-3-23-22(25(2)18-20-7-5-4-6-8-20)24-17-19-9-11-21(12-10-19)26-13-15-27-16-14-26;/h4-12H,3,13-18H2,1-2H3,(H,23,24);1H. The fourth-order valence-electron chi connectivity index (χ4n) is 3.20. The number of ether oxygens (including phenoxy) is 1. The maximum Gasteiger partial charge on any atom is 0.194 e. The highest BCUT2D eigenvalue weighted by atomic mass is 127. The number of nitrogens with one attached hydrogen (secondary N) is 1. The van der Waals surface area contributed by atoms with E-state index < -0.39 is 0 Å². The SMILES string of the molecule is CCNC(=NCc1ccc(N2CCOCC2)cc1)N(C)Cc1ccccc1.I. The Morgan fingerprint density at radius 3 is 2.36 bits per heavy atom. The van der Waals surface area contributed by atoms with E-state index in [0.29, 0.717) is 6.54 Å². The van der Waals surface area contributed by atoms with Crippen molar-refractivity contribution in [2.24, 2.45) is 4.99 Å². The molecular weight excluding hydrogens is 463 g/mol. The summed E-state index contributed by atoms with van der Waals surface area (Å²) >= 11 is 0. The zero-order valence-electron chi connectivity index (χ0n) is 16.8. The van der Waals surface area contributed by atoms with Gasteiger partial charge in [0.05, 0.1) is 19.8 Å². The second-order valence-corrected chi connectivity index (χ2v) is 6.78. The average Bonchev–Trinajstić information content (AvgIpc) is 2.73. The number of benzene rings is 2. The molecule has 2 aromatic rings. The molecule has 5 nitrogen and oxygen atoms in total. The number of halogens is 1. The van der Waals surface area contributed by atoms with Crippen molar-refractivity contribution in [3.8, 4) is 0 Å². The van der Waals surface area contributed by atoms with Crippen molar-refractivity contribution in [3.63, 3.8) is 0 Å². The van der Waals surface area contributed by atoms with Gasteiger partial charge in [-0.3, -0.25) is 0 Å². The normalized spacial score (nSPS) is 14.4. The minimum atomic E-state index is 0. The molecule has 1 saturated heterocycles. The number of morpholine rings is 1. The predicted octanol–water partition coefficient (Wildman–Crippen LogP) is 3.74. The summed E-state index contributed by atoms with van der Waals surface area (Å²) in [4.78, 5) is 9.36. The van der Waals surface area contributed by atoms with E-state index in [0.717, 1.165) is 45.4 Å². The van der Waals surface area contributed by atoms with E-state index in [-0.39, 0.29) is 24.0 Å². The van der Waals surface area contributed by atoms with Crippen LogP contribution < -0.4 is 10.2 Å². The summed E-state index contributed by atoms with van der Waals surface area (Å²) in [5, 5.41) is 3.39. The maximum absolute atomic E-state index is 5.43. The Labute approximate surface area is 185 Å². The summed E-state index contributed by atoms with van der Waals surface area (Å²) in [7, 11) is 2.08. The topological polar surface area (TPSA) is 40.1 Å². The molecule has 0 saturated carbocycles. The highest BCUT2D eigenvalue weighted by Crippen LogP contribution is 2.17. The second-order valence-electron chi connectivity index (χ2n) is 6.78. The van der Waals surface area contributed by atoms with E-state index in [4.69, 9.17) is 9.73 Å². The molecule has 1 heterocycles. The van der Waals surface area contributed by atoms with Gasteiger partial charge in [-0.2, -0.15) is 0 Å². The molecule has 1 aliphatic rings. The molecule has 1 aliphatic heterocycles. The number of guanidine groups is 1. The maximum atomic E-state index is 5.43. The van der Waals surface area contributed by atoms with Crippen molar-refractivity contribution < 1.29 is 4.74 Å². The van der Waals surface area contributed by atoms with Crippen molar-refractivity contribution in [3.05, 3.63) is 65.7 Å². The molecule has 6 heteroatoms. The van der Waals surface area contributed by atoms with Crippen LogP contribution in [0.2, 0.25) is 0 Å². The van der Waals surface area contributed by atoms with Gasteiger partial charge in [0.1, 0.15) is 0 Å². The minimum absolute atomic E-state index is 0. The fraction of sp³-hybridized carbons (Fsp3) is 0.409. The van der Waals surface area contributed by atoms with E-state index in [9.17, 15) is 0 Å². The first-order valence-electron chi connectivity index (χ1n) is 9.71. The first kappa shape index (κ1) is 22.5. The van der Waals surface area contributed by atoms with Crippen molar-refractivity contribution in [1.82, 2.24) is 10.2 Å². The number of rotatable bonds is 6. The molecule has 0 amide bonds. The van der Waals surface area contributed by atoms with E-state index in [2.05, 4.69) is 77.6 Å². The van der Waals surface area contributed by atoms with Crippen LogP contribution >= 0.6 is 24.0 Å². The molecule has 0 unspecified atom stereocenters. The molecule has 1 N–H and O–H groups in total. The quantitative estimate of drug-likeness (QED) is 0.378. The van der Waals surface area contributed by atoms with Gasteiger partial charge in [0, 0.05) is 38.9 Å². The summed E-state index contributed by atoms with van der Waals surface area (Å²) in [6.07, 6.45) is 0. The minimum Gasteiger partial charge on any atom is -0.378 e. The molecule has 0 aliphatic carbocycles. The zero-order chi connectivity index (χ0) is 18.9. The van der Waals surface area contributed by atoms with Gasteiger partial charge in [0.15, 0.2) is 5.96 Å². The molecule has 152 valence electrons. The zero-order valence-corrected chi connectivity index (χ0v) is 19.1. The van der Waals surface area contributed by atoms with Crippen molar-refractivity contribution in [2.75, 3.05) is 44.8 Å². The van der Waals surface area contributed by atoms with Crippen molar-refractivity contribution >= 4 is 35.6 Å². The smallest absolute Gasteiger partial charge is 0.194 e. The second kappa shape index (κ2) is 11.9. The van der Waals surface area contributed by atoms with Gasteiger partial charge >= 0.3 is 0 Å². The number of anilines is 1. The Balaban J connectivity index is 0.00000280. The molecule has 3 rings (SSSR count). The van der Waals surface area contributed by atoms with E-state index >= 15 is 0 Å². The van der Waals surface area contributed by atoms with Gasteiger partial charge in [-0.25, -0.2) is 4.99 Å². The van der Waals surface area contributed by atoms with Crippen LogP contribution in [0.4, 0.5) is 5.69 Å². The van der Waals surface area contributed by atoms with E-state index in [1.807, 2.05) is 6.07 Å². The largest absolute Gasteiger partial charge is 0.378 e.